The van der Waals surface area contributed by atoms with Crippen LogP contribution < -0.4 is 0 Å². The summed E-state index contributed by atoms with van der Waals surface area (Å²) in [4.78, 5) is 38.0. The molecule has 1 aliphatic carbocycles. The van der Waals surface area contributed by atoms with Crippen LogP contribution in [0.4, 0.5) is 4.79 Å². The average Bonchev–Trinajstić information content (AvgIpc) is 2.52. The molecular weight excluding hydrogens is 286 g/mol. The number of imide groups is 1. The van der Waals surface area contributed by atoms with Gasteiger partial charge < -0.3 is 0 Å². The van der Waals surface area contributed by atoms with Gasteiger partial charge >= 0.3 is 0 Å². The molecule has 0 N–H and O–H groups in total. The first kappa shape index (κ1) is 14.3. The second-order valence-corrected chi connectivity index (χ2v) is 6.72. The van der Waals surface area contributed by atoms with Gasteiger partial charge in [0, 0.05) is 10.8 Å². The lowest BCUT2D eigenvalue weighted by atomic mass is 9.87. The number of ketones is 1. The van der Waals surface area contributed by atoms with E-state index in [0.29, 0.717) is 5.56 Å². The van der Waals surface area contributed by atoms with E-state index in [1.165, 1.54) is 11.8 Å². The third-order valence-corrected chi connectivity index (χ3v) is 5.44. The molecule has 4 nitrogen and oxygen atoms in total. The Morgan fingerprint density at radius 1 is 1.14 bits per heavy atom. The lowest BCUT2D eigenvalue weighted by Crippen LogP contribution is -2.50. The van der Waals surface area contributed by atoms with Crippen LogP contribution in [0.2, 0.25) is 0 Å². The molecule has 0 aromatic heterocycles. The fourth-order valence-electron chi connectivity index (χ4n) is 3.01. The molecule has 0 radical (unpaired) electrons. The van der Waals surface area contributed by atoms with E-state index in [1.54, 1.807) is 24.3 Å². The average molecular weight is 303 g/mol. The van der Waals surface area contributed by atoms with Crippen molar-refractivity contribution in [1.82, 2.24) is 4.90 Å². The maximum atomic E-state index is 12.5. The standard InChI is InChI=1S/C16H17NO3S/c18-13(11-6-2-1-3-7-11)10-17-15(19)12-8-4-5-9-14(12)21-16(17)20/h1-3,6-7,12,14H,4-5,8-10H2. The Labute approximate surface area is 127 Å². The molecule has 1 aromatic rings. The first-order valence-electron chi connectivity index (χ1n) is 7.27. The van der Waals surface area contributed by atoms with Crippen molar-refractivity contribution in [3.63, 3.8) is 0 Å². The maximum absolute atomic E-state index is 12.5. The van der Waals surface area contributed by atoms with Gasteiger partial charge in [0.2, 0.25) is 5.91 Å². The second-order valence-electron chi connectivity index (χ2n) is 5.53. The molecule has 110 valence electrons. The Balaban J connectivity index is 1.74. The highest BCUT2D eigenvalue weighted by Crippen LogP contribution is 2.39. The van der Waals surface area contributed by atoms with Crippen LogP contribution in [0.5, 0.6) is 0 Å². The number of carbonyl (C=O) groups excluding carboxylic acids is 3. The van der Waals surface area contributed by atoms with E-state index in [0.717, 1.165) is 30.6 Å². The highest BCUT2D eigenvalue weighted by molar-refractivity contribution is 8.14. The summed E-state index contributed by atoms with van der Waals surface area (Å²) in [6.07, 6.45) is 3.87. The Morgan fingerprint density at radius 2 is 1.86 bits per heavy atom. The molecule has 1 saturated heterocycles. The number of nitrogens with zero attached hydrogens (tertiary/aromatic N) is 1. The van der Waals surface area contributed by atoms with Crippen molar-refractivity contribution in [2.24, 2.45) is 5.92 Å². The van der Waals surface area contributed by atoms with Gasteiger partial charge in [-0.1, -0.05) is 54.9 Å². The number of Topliss-reactive ketones (excluding diaryl/α,β-unsaturated/α-hetero) is 1. The lowest BCUT2D eigenvalue weighted by molar-refractivity contribution is -0.132. The minimum Gasteiger partial charge on any atom is -0.292 e. The highest BCUT2D eigenvalue weighted by Gasteiger charge is 2.43. The van der Waals surface area contributed by atoms with Crippen LogP contribution in [0.15, 0.2) is 30.3 Å². The molecular formula is C16H17NO3S. The van der Waals surface area contributed by atoms with Gasteiger partial charge in [-0.05, 0) is 12.8 Å². The van der Waals surface area contributed by atoms with Crippen LogP contribution in [0.25, 0.3) is 0 Å². The third kappa shape index (κ3) is 2.88. The highest BCUT2D eigenvalue weighted by atomic mass is 32.2. The van der Waals surface area contributed by atoms with E-state index >= 15 is 0 Å². The van der Waals surface area contributed by atoms with Gasteiger partial charge in [-0.3, -0.25) is 19.3 Å². The fourth-order valence-corrected chi connectivity index (χ4v) is 4.25. The van der Waals surface area contributed by atoms with Gasteiger partial charge in [0.15, 0.2) is 5.78 Å². The molecule has 2 amide bonds. The zero-order valence-electron chi connectivity index (χ0n) is 11.7. The predicted octanol–water partition coefficient (Wildman–Crippen LogP) is 3.12. The number of rotatable bonds is 3. The van der Waals surface area contributed by atoms with Gasteiger partial charge in [-0.25, -0.2) is 0 Å². The number of amides is 2. The van der Waals surface area contributed by atoms with Gasteiger partial charge in [0.25, 0.3) is 5.24 Å². The van der Waals surface area contributed by atoms with Crippen molar-refractivity contribution in [3.8, 4) is 0 Å². The molecule has 5 heteroatoms. The van der Waals surface area contributed by atoms with E-state index in [4.69, 9.17) is 0 Å². The molecule has 3 rings (SSSR count). The van der Waals surface area contributed by atoms with E-state index in [9.17, 15) is 14.4 Å². The largest absolute Gasteiger partial charge is 0.292 e. The van der Waals surface area contributed by atoms with Gasteiger partial charge in [0.1, 0.15) is 0 Å². The van der Waals surface area contributed by atoms with Crippen LogP contribution >= 0.6 is 11.8 Å². The van der Waals surface area contributed by atoms with Gasteiger partial charge in [0.05, 0.1) is 12.5 Å². The fraction of sp³-hybridized carbons (Fsp3) is 0.438. The van der Waals surface area contributed by atoms with Crippen molar-refractivity contribution in [1.29, 1.82) is 0 Å². The zero-order valence-corrected chi connectivity index (χ0v) is 12.5. The molecule has 21 heavy (non-hydrogen) atoms. The Hall–Kier alpha value is -1.62. The molecule has 0 spiro atoms. The van der Waals surface area contributed by atoms with Gasteiger partial charge in [-0.2, -0.15) is 0 Å². The summed E-state index contributed by atoms with van der Waals surface area (Å²) in [7, 11) is 0. The smallest absolute Gasteiger partial charge is 0.288 e. The molecule has 1 aromatic carbocycles. The summed E-state index contributed by atoms with van der Waals surface area (Å²) < 4.78 is 0. The predicted molar refractivity (Wildman–Crippen MR) is 81.2 cm³/mol. The van der Waals surface area contributed by atoms with Crippen LogP contribution in [0, 0.1) is 5.92 Å². The molecule has 2 atom stereocenters. The van der Waals surface area contributed by atoms with E-state index in [2.05, 4.69) is 0 Å². The first-order chi connectivity index (χ1) is 10.2. The van der Waals surface area contributed by atoms with Crippen molar-refractivity contribution >= 4 is 28.7 Å². The molecule has 2 aliphatic rings. The quantitative estimate of drug-likeness (QED) is 0.805. The van der Waals surface area contributed by atoms with Crippen LogP contribution in [0.3, 0.4) is 0 Å². The minimum absolute atomic E-state index is 0.0926. The van der Waals surface area contributed by atoms with Gasteiger partial charge in [-0.15, -0.1) is 0 Å². The minimum atomic E-state index is -0.271. The Kier molecular flexibility index (Phi) is 4.10. The number of benzene rings is 1. The van der Waals surface area contributed by atoms with Crippen molar-refractivity contribution < 1.29 is 14.4 Å². The SMILES string of the molecule is O=C(CN1C(=O)SC2CCCCC2C1=O)c1ccccc1. The number of hydrogen-bond donors (Lipinski definition) is 0. The Bertz CT molecular complexity index is 572. The topological polar surface area (TPSA) is 54.5 Å². The van der Waals surface area contributed by atoms with Crippen molar-refractivity contribution in [2.45, 2.75) is 30.9 Å². The molecule has 1 saturated carbocycles. The summed E-state index contributed by atoms with van der Waals surface area (Å²) in [6, 6.07) is 8.80. The van der Waals surface area contributed by atoms with E-state index in [-0.39, 0.29) is 34.6 Å². The van der Waals surface area contributed by atoms with Crippen molar-refractivity contribution in [2.75, 3.05) is 6.54 Å². The van der Waals surface area contributed by atoms with Crippen LogP contribution in [-0.2, 0) is 4.79 Å². The van der Waals surface area contributed by atoms with E-state index < -0.39 is 0 Å². The summed E-state index contributed by atoms with van der Waals surface area (Å²) in [5.41, 5.74) is 0.536. The summed E-state index contributed by atoms with van der Waals surface area (Å²) in [5.74, 6) is -0.440. The lowest BCUT2D eigenvalue weighted by Gasteiger charge is -2.37. The maximum Gasteiger partial charge on any atom is 0.288 e. The molecule has 1 aliphatic heterocycles. The van der Waals surface area contributed by atoms with Crippen molar-refractivity contribution in [3.05, 3.63) is 35.9 Å². The van der Waals surface area contributed by atoms with E-state index in [1.807, 2.05) is 6.07 Å². The summed E-state index contributed by atoms with van der Waals surface area (Å²) in [5, 5.41) is -0.158. The van der Waals surface area contributed by atoms with Crippen LogP contribution in [-0.4, -0.2) is 33.6 Å². The first-order valence-corrected chi connectivity index (χ1v) is 8.15. The number of carbonyl (C=O) groups is 3. The normalized spacial score (nSPS) is 25.6. The summed E-state index contributed by atoms with van der Waals surface area (Å²) in [6.45, 7) is -0.141. The molecule has 2 fully saturated rings. The van der Waals surface area contributed by atoms with Crippen LogP contribution in [0.1, 0.15) is 36.0 Å². The number of thioether (sulfide) groups is 1. The molecule has 2 unspecified atom stereocenters. The zero-order chi connectivity index (χ0) is 14.8. The third-order valence-electron chi connectivity index (χ3n) is 4.16. The second kappa shape index (κ2) is 6.02. The Morgan fingerprint density at radius 3 is 2.62 bits per heavy atom. The molecule has 1 heterocycles. The number of fused-ring (bicyclic) bond motifs is 1. The number of hydrogen-bond acceptors (Lipinski definition) is 4. The summed E-state index contributed by atoms with van der Waals surface area (Å²) >= 11 is 1.23. The molecule has 0 bridgehead atoms. The monoisotopic (exact) mass is 303 g/mol.